The minimum absolute atomic E-state index is 0.116. The van der Waals surface area contributed by atoms with Gasteiger partial charge in [-0.2, -0.15) is 0 Å². The van der Waals surface area contributed by atoms with Gasteiger partial charge in [-0.3, -0.25) is 14.5 Å². The fourth-order valence-electron chi connectivity index (χ4n) is 2.74. The van der Waals surface area contributed by atoms with Gasteiger partial charge >= 0.3 is 5.97 Å². The van der Waals surface area contributed by atoms with E-state index < -0.39 is 5.97 Å². The van der Waals surface area contributed by atoms with Crippen LogP contribution in [0.1, 0.15) is 11.1 Å². The number of likely N-dealkylation sites (N-methyl/N-ethyl adjacent to an activating group) is 1. The summed E-state index contributed by atoms with van der Waals surface area (Å²) in [5, 5.41) is 0.233. The third-order valence-electron chi connectivity index (χ3n) is 4.39. The number of carbonyl (C=O) groups excluding carboxylic acids is 2. The van der Waals surface area contributed by atoms with Crippen molar-refractivity contribution in [2.24, 2.45) is 0 Å². The van der Waals surface area contributed by atoms with Crippen LogP contribution in [0.25, 0.3) is 6.08 Å². The highest BCUT2D eigenvalue weighted by atomic mass is 32.1. The van der Waals surface area contributed by atoms with E-state index in [0.29, 0.717) is 17.0 Å². The Balaban J connectivity index is 1.70. The van der Waals surface area contributed by atoms with E-state index in [1.54, 1.807) is 60.5 Å². The molecule has 6 nitrogen and oxygen atoms in total. The van der Waals surface area contributed by atoms with E-state index in [0.717, 1.165) is 5.56 Å². The van der Waals surface area contributed by atoms with E-state index in [2.05, 4.69) is 4.74 Å². The second-order valence-corrected chi connectivity index (χ2v) is 6.65. The van der Waals surface area contributed by atoms with Crippen LogP contribution in [0, 0.1) is 5.82 Å². The maximum Gasteiger partial charge on any atom is 0.325 e. The van der Waals surface area contributed by atoms with Crippen LogP contribution in [0.5, 0.6) is 5.75 Å². The highest BCUT2D eigenvalue weighted by molar-refractivity contribution is 7.80. The number of methoxy groups -OCH3 is 1. The Morgan fingerprint density at radius 2 is 1.86 bits per heavy atom. The van der Waals surface area contributed by atoms with Gasteiger partial charge < -0.3 is 14.4 Å². The molecule has 29 heavy (non-hydrogen) atoms. The zero-order chi connectivity index (χ0) is 21.0. The van der Waals surface area contributed by atoms with E-state index in [1.165, 1.54) is 18.1 Å². The van der Waals surface area contributed by atoms with Gasteiger partial charge in [0, 0.05) is 12.6 Å². The molecule has 1 aliphatic rings. The number of hydrogen-bond donors (Lipinski definition) is 0. The largest absolute Gasteiger partial charge is 0.489 e. The van der Waals surface area contributed by atoms with Crippen LogP contribution in [0.2, 0.25) is 0 Å². The zero-order valence-electron chi connectivity index (χ0n) is 15.9. The molecule has 0 aromatic heterocycles. The van der Waals surface area contributed by atoms with Crippen molar-refractivity contribution in [1.29, 1.82) is 0 Å². The molecule has 0 unspecified atom stereocenters. The lowest BCUT2D eigenvalue weighted by Crippen LogP contribution is -2.36. The lowest BCUT2D eigenvalue weighted by molar-refractivity contribution is -0.143. The molecule has 0 atom stereocenters. The van der Waals surface area contributed by atoms with Crippen molar-refractivity contribution < 1.29 is 23.5 Å². The van der Waals surface area contributed by atoms with Crippen molar-refractivity contribution in [2.45, 2.75) is 6.61 Å². The normalized spacial score (nSPS) is 15.2. The maximum absolute atomic E-state index is 13.7. The van der Waals surface area contributed by atoms with Crippen molar-refractivity contribution in [3.8, 4) is 5.75 Å². The van der Waals surface area contributed by atoms with Crippen LogP contribution in [0.15, 0.2) is 54.2 Å². The molecular formula is C21H19FN2O4S. The molecule has 0 bridgehead atoms. The highest BCUT2D eigenvalue weighted by Gasteiger charge is 2.36. The van der Waals surface area contributed by atoms with Crippen LogP contribution in [-0.2, 0) is 20.9 Å². The Labute approximate surface area is 173 Å². The lowest BCUT2D eigenvalue weighted by atomic mass is 10.1. The van der Waals surface area contributed by atoms with Gasteiger partial charge in [0.2, 0.25) is 0 Å². The van der Waals surface area contributed by atoms with Gasteiger partial charge in [-0.1, -0.05) is 30.3 Å². The first-order chi connectivity index (χ1) is 13.9. The molecule has 0 radical (unpaired) electrons. The Kier molecular flexibility index (Phi) is 6.23. The molecule has 150 valence electrons. The fourth-order valence-corrected chi connectivity index (χ4v) is 2.98. The second kappa shape index (κ2) is 8.83. The molecule has 0 spiro atoms. The van der Waals surface area contributed by atoms with E-state index in [9.17, 15) is 14.0 Å². The van der Waals surface area contributed by atoms with Gasteiger partial charge in [0.1, 0.15) is 30.4 Å². The van der Waals surface area contributed by atoms with Gasteiger partial charge in [-0.15, -0.1) is 0 Å². The predicted molar refractivity (Wildman–Crippen MR) is 109 cm³/mol. The summed E-state index contributed by atoms with van der Waals surface area (Å²) in [4.78, 5) is 26.8. The third-order valence-corrected chi connectivity index (χ3v) is 4.89. The molecule has 0 saturated carbocycles. The zero-order valence-corrected chi connectivity index (χ0v) is 16.7. The van der Waals surface area contributed by atoms with Gasteiger partial charge in [-0.25, -0.2) is 4.39 Å². The van der Waals surface area contributed by atoms with Crippen LogP contribution in [-0.4, -0.2) is 47.5 Å². The average Bonchev–Trinajstić information content (AvgIpc) is 2.92. The molecule has 3 rings (SSSR count). The number of esters is 1. The van der Waals surface area contributed by atoms with E-state index in [4.69, 9.17) is 17.0 Å². The van der Waals surface area contributed by atoms with E-state index in [1.807, 2.05) is 0 Å². The SMILES string of the molecule is COC(=O)CN1C(=O)/C(=C/c2ccc(OCc3ccccc3F)cc2)N(C)C1=S. The van der Waals surface area contributed by atoms with Crippen LogP contribution in [0.3, 0.4) is 0 Å². The molecule has 2 aromatic rings. The first kappa shape index (κ1) is 20.5. The number of carbonyl (C=O) groups is 2. The average molecular weight is 414 g/mol. The molecule has 1 fully saturated rings. The van der Waals surface area contributed by atoms with Crippen molar-refractivity contribution in [1.82, 2.24) is 9.80 Å². The lowest BCUT2D eigenvalue weighted by Gasteiger charge is -2.14. The number of rotatable bonds is 6. The number of halogens is 1. The van der Waals surface area contributed by atoms with Crippen LogP contribution >= 0.6 is 12.2 Å². The summed E-state index contributed by atoms with van der Waals surface area (Å²) in [6, 6.07) is 13.4. The van der Waals surface area contributed by atoms with Gasteiger partial charge in [0.25, 0.3) is 5.91 Å². The Hall–Kier alpha value is -3.26. The molecule has 1 saturated heterocycles. The number of benzene rings is 2. The summed E-state index contributed by atoms with van der Waals surface area (Å²) in [6.07, 6.45) is 1.67. The summed E-state index contributed by atoms with van der Waals surface area (Å²) >= 11 is 5.24. The highest BCUT2D eigenvalue weighted by Crippen LogP contribution is 2.23. The smallest absolute Gasteiger partial charge is 0.325 e. The molecule has 0 N–H and O–H groups in total. The monoisotopic (exact) mass is 414 g/mol. The van der Waals surface area contributed by atoms with Crippen LogP contribution < -0.4 is 4.74 Å². The maximum atomic E-state index is 13.7. The molecule has 0 aliphatic carbocycles. The van der Waals surface area contributed by atoms with Crippen LogP contribution in [0.4, 0.5) is 4.39 Å². The van der Waals surface area contributed by atoms with E-state index in [-0.39, 0.29) is 30.0 Å². The quantitative estimate of drug-likeness (QED) is 0.412. The summed E-state index contributed by atoms with van der Waals surface area (Å²) in [5.74, 6) is -0.664. The molecule has 2 aromatic carbocycles. The fraction of sp³-hybridized carbons (Fsp3) is 0.190. The van der Waals surface area contributed by atoms with E-state index >= 15 is 0 Å². The van der Waals surface area contributed by atoms with Crippen molar-refractivity contribution >= 4 is 35.3 Å². The number of amides is 1. The predicted octanol–water partition coefficient (Wildman–Crippen LogP) is 2.98. The minimum atomic E-state index is -0.549. The number of hydrogen-bond acceptors (Lipinski definition) is 5. The van der Waals surface area contributed by atoms with Gasteiger partial charge in [0.05, 0.1) is 7.11 Å². The molecular weight excluding hydrogens is 395 g/mol. The second-order valence-electron chi connectivity index (χ2n) is 6.29. The topological polar surface area (TPSA) is 59.1 Å². The first-order valence-corrected chi connectivity index (χ1v) is 9.16. The molecule has 1 aliphatic heterocycles. The summed E-state index contributed by atoms with van der Waals surface area (Å²) in [5.41, 5.74) is 1.57. The summed E-state index contributed by atoms with van der Waals surface area (Å²) in [7, 11) is 2.91. The number of ether oxygens (including phenoxy) is 2. The number of thiocarbonyl (C=S) groups is 1. The summed E-state index contributed by atoms with van der Waals surface area (Å²) < 4.78 is 23.9. The standard InChI is InChI=1S/C21H19FN2O4S/c1-23-18(20(26)24(21(23)29)12-19(25)27-2)11-14-7-9-16(10-8-14)28-13-15-5-3-4-6-17(15)22/h3-11H,12-13H2,1-2H3/b18-11-. The molecule has 1 amide bonds. The van der Waals surface area contributed by atoms with Gasteiger partial charge in [0.15, 0.2) is 5.11 Å². The molecule has 8 heteroatoms. The molecule has 1 heterocycles. The van der Waals surface area contributed by atoms with Crippen molar-refractivity contribution in [3.63, 3.8) is 0 Å². The van der Waals surface area contributed by atoms with Crippen molar-refractivity contribution in [3.05, 3.63) is 71.2 Å². The third kappa shape index (κ3) is 4.60. The van der Waals surface area contributed by atoms with Gasteiger partial charge in [-0.05, 0) is 42.1 Å². The Morgan fingerprint density at radius 3 is 2.52 bits per heavy atom. The summed E-state index contributed by atoms with van der Waals surface area (Å²) in [6.45, 7) is -0.121. The Morgan fingerprint density at radius 1 is 1.17 bits per heavy atom. The van der Waals surface area contributed by atoms with Crippen molar-refractivity contribution in [2.75, 3.05) is 20.7 Å². The number of nitrogens with zero attached hydrogens (tertiary/aromatic N) is 2. The Bertz CT molecular complexity index is 975. The minimum Gasteiger partial charge on any atom is -0.489 e. The first-order valence-electron chi connectivity index (χ1n) is 8.75.